The molecule has 0 saturated carbocycles. The number of aryl methyl sites for hydroxylation is 2. The van der Waals surface area contributed by atoms with Crippen LogP contribution in [0.15, 0.2) is 63.6 Å². The van der Waals surface area contributed by atoms with Crippen LogP contribution in [0.2, 0.25) is 0 Å². The number of rotatable bonds is 2. The lowest BCUT2D eigenvalue weighted by Gasteiger charge is -2.36. The van der Waals surface area contributed by atoms with Crippen molar-refractivity contribution in [2.24, 2.45) is 0 Å². The molecule has 0 unspecified atom stereocenters. The largest absolute Gasteiger partial charge is 0.507 e. The Bertz CT molecular complexity index is 1570. The van der Waals surface area contributed by atoms with Gasteiger partial charge in [0, 0.05) is 40.9 Å². The molecule has 2 aliphatic heterocycles. The minimum Gasteiger partial charge on any atom is -0.507 e. The predicted octanol–water partition coefficient (Wildman–Crippen LogP) is 6.83. The normalized spacial score (nSPS) is 15.0. The van der Waals surface area contributed by atoms with Crippen molar-refractivity contribution in [3.05, 3.63) is 65.7 Å². The lowest BCUT2D eigenvalue weighted by atomic mass is 9.88. The van der Waals surface area contributed by atoms with E-state index in [4.69, 9.17) is 14.0 Å². The maximum absolute atomic E-state index is 10.9. The van der Waals surface area contributed by atoms with Gasteiger partial charge in [-0.25, -0.2) is 4.98 Å². The summed E-state index contributed by atoms with van der Waals surface area (Å²) in [6, 6.07) is 17.7. The molecule has 7 heteroatoms. The fourth-order valence-corrected chi connectivity index (χ4v) is 6.44. The summed E-state index contributed by atoms with van der Waals surface area (Å²) in [7, 11) is 0. The lowest BCUT2D eigenvalue weighted by Crippen LogP contribution is -2.34. The second kappa shape index (κ2) is 7.67. The molecule has 5 aromatic rings. The number of nitrogens with one attached hydrogen (secondary N) is 1. The first kappa shape index (κ1) is 19.7. The number of hydrogen-bond donors (Lipinski definition) is 2. The molecule has 0 spiro atoms. The Balaban J connectivity index is 1.63. The van der Waals surface area contributed by atoms with Crippen LogP contribution in [-0.2, 0) is 12.8 Å². The quantitative estimate of drug-likeness (QED) is 0.296. The van der Waals surface area contributed by atoms with E-state index in [1.807, 2.05) is 36.4 Å². The highest BCUT2D eigenvalue weighted by Gasteiger charge is 2.29. The molecule has 2 N–H and O–H groups in total. The number of para-hydroxylation sites is 2. The van der Waals surface area contributed by atoms with Gasteiger partial charge >= 0.3 is 0 Å². The highest BCUT2D eigenvalue weighted by molar-refractivity contribution is 7.21. The molecular formula is C27H23N3O3S. The molecule has 0 atom stereocenters. The van der Waals surface area contributed by atoms with Crippen LogP contribution >= 0.6 is 11.3 Å². The molecule has 3 aromatic carbocycles. The fraction of sp³-hybridized carbons (Fsp3) is 0.222. The molecule has 0 bridgehead atoms. The molecule has 0 amide bonds. The molecule has 2 aliphatic rings. The summed E-state index contributed by atoms with van der Waals surface area (Å²) < 4.78 is 13.2. The highest BCUT2D eigenvalue weighted by atomic mass is 32.1. The molecule has 0 fully saturated rings. The number of anilines is 1. The molecule has 0 saturated heterocycles. The van der Waals surface area contributed by atoms with E-state index >= 15 is 0 Å². The van der Waals surface area contributed by atoms with Crippen LogP contribution in [0.4, 0.5) is 5.69 Å². The predicted molar refractivity (Wildman–Crippen MR) is 135 cm³/mol. The van der Waals surface area contributed by atoms with Crippen LogP contribution in [-0.4, -0.2) is 28.5 Å². The number of aromatic nitrogens is 2. The minimum absolute atomic E-state index is 0.195. The Hall–Kier alpha value is -3.71. The number of aromatic amines is 1. The SMILES string of the molecule is Oc1ccccc1-c1c(-c2nc3ccccc3s2)o[nH]oc2c3c4c(cc12)CCCN4CCC3. The van der Waals surface area contributed by atoms with Crippen LogP contribution in [0, 0.1) is 0 Å². The van der Waals surface area contributed by atoms with E-state index in [1.54, 1.807) is 17.4 Å². The molecule has 34 heavy (non-hydrogen) atoms. The van der Waals surface area contributed by atoms with E-state index in [0.717, 1.165) is 70.5 Å². The molecule has 170 valence electrons. The Morgan fingerprint density at radius 3 is 2.68 bits per heavy atom. The Morgan fingerprint density at radius 2 is 1.79 bits per heavy atom. The molecule has 4 heterocycles. The zero-order valence-electron chi connectivity index (χ0n) is 18.5. The van der Waals surface area contributed by atoms with Crippen LogP contribution in [0.5, 0.6) is 5.75 Å². The summed E-state index contributed by atoms with van der Waals surface area (Å²) in [4.78, 5) is 7.35. The second-order valence-electron chi connectivity index (χ2n) is 8.93. The number of H-pyrrole nitrogens is 1. The lowest BCUT2D eigenvalue weighted by molar-refractivity contribution is 0.216. The van der Waals surface area contributed by atoms with Crippen LogP contribution in [0.25, 0.3) is 43.1 Å². The van der Waals surface area contributed by atoms with E-state index in [2.05, 4.69) is 22.4 Å². The highest BCUT2D eigenvalue weighted by Crippen LogP contribution is 2.46. The van der Waals surface area contributed by atoms with E-state index in [-0.39, 0.29) is 5.75 Å². The van der Waals surface area contributed by atoms with Crippen molar-refractivity contribution in [3.8, 4) is 27.6 Å². The van der Waals surface area contributed by atoms with Gasteiger partial charge in [0.15, 0.2) is 10.6 Å². The van der Waals surface area contributed by atoms with Crippen LogP contribution < -0.4 is 4.90 Å². The van der Waals surface area contributed by atoms with Gasteiger partial charge in [-0.2, -0.15) is 0 Å². The summed E-state index contributed by atoms with van der Waals surface area (Å²) in [6.07, 6.45) is 4.22. The van der Waals surface area contributed by atoms with Gasteiger partial charge in [-0.05, 0) is 55.5 Å². The first-order chi connectivity index (χ1) is 16.8. The van der Waals surface area contributed by atoms with Gasteiger partial charge in [0.2, 0.25) is 5.76 Å². The number of thiazole rings is 1. The maximum Gasteiger partial charge on any atom is 0.203 e. The third-order valence-corrected chi connectivity index (χ3v) is 7.95. The summed E-state index contributed by atoms with van der Waals surface area (Å²) >= 11 is 1.56. The smallest absolute Gasteiger partial charge is 0.203 e. The van der Waals surface area contributed by atoms with Crippen LogP contribution in [0.3, 0.4) is 0 Å². The van der Waals surface area contributed by atoms with Crippen molar-refractivity contribution in [3.63, 3.8) is 0 Å². The van der Waals surface area contributed by atoms with E-state index in [9.17, 15) is 5.11 Å². The number of phenolic OH excluding ortho intramolecular Hbond substituents is 1. The summed E-state index contributed by atoms with van der Waals surface area (Å²) in [6.45, 7) is 2.17. The van der Waals surface area contributed by atoms with Crippen molar-refractivity contribution >= 4 is 38.2 Å². The fourth-order valence-electron chi connectivity index (χ4n) is 5.48. The standard InChI is InChI=1S/C27H23N3O3S/c31-21-11-3-1-8-17(21)23-19-15-16-7-5-13-30-14-6-9-18(24(16)30)25(19)32-29-33-26(23)27-28-20-10-2-4-12-22(20)34-27/h1-4,8,10-12,15,29,31H,5-7,9,13-14H2. The average Bonchev–Trinajstić information content (AvgIpc) is 3.20. The monoisotopic (exact) mass is 469 g/mol. The van der Waals surface area contributed by atoms with Gasteiger partial charge < -0.3 is 19.1 Å². The van der Waals surface area contributed by atoms with Crippen molar-refractivity contribution in [2.75, 3.05) is 18.0 Å². The Morgan fingerprint density at radius 1 is 0.971 bits per heavy atom. The molecule has 2 aromatic heterocycles. The van der Waals surface area contributed by atoms with E-state index in [0.29, 0.717) is 11.3 Å². The van der Waals surface area contributed by atoms with Crippen LogP contribution in [0.1, 0.15) is 24.0 Å². The molecular weight excluding hydrogens is 446 g/mol. The second-order valence-corrected chi connectivity index (χ2v) is 9.96. The molecule has 6 nitrogen and oxygen atoms in total. The topological polar surface area (TPSA) is 78.4 Å². The van der Waals surface area contributed by atoms with E-state index < -0.39 is 0 Å². The third-order valence-electron chi connectivity index (χ3n) is 6.92. The Labute approximate surface area is 199 Å². The number of aromatic hydroxyl groups is 1. The molecule has 7 rings (SSSR count). The van der Waals surface area contributed by atoms with Crippen molar-refractivity contribution in [1.82, 2.24) is 10.3 Å². The zero-order valence-corrected chi connectivity index (χ0v) is 19.3. The maximum atomic E-state index is 10.9. The van der Waals surface area contributed by atoms with Crippen molar-refractivity contribution in [1.29, 1.82) is 0 Å². The average molecular weight is 470 g/mol. The molecule has 0 radical (unpaired) electrons. The number of phenols is 1. The number of nitrogens with zero attached hydrogens (tertiary/aromatic N) is 2. The third kappa shape index (κ3) is 2.97. The minimum atomic E-state index is 0.195. The van der Waals surface area contributed by atoms with E-state index in [1.165, 1.54) is 16.8 Å². The first-order valence-corrected chi connectivity index (χ1v) is 12.5. The van der Waals surface area contributed by atoms with Gasteiger partial charge in [-0.3, -0.25) is 0 Å². The number of benzene rings is 3. The number of hydrogen-bond acceptors (Lipinski definition) is 6. The summed E-state index contributed by atoms with van der Waals surface area (Å²) in [5, 5.41) is 15.3. The van der Waals surface area contributed by atoms with Gasteiger partial charge in [-0.15, -0.1) is 11.3 Å². The zero-order chi connectivity index (χ0) is 22.6. The Kier molecular flexibility index (Phi) is 4.45. The van der Waals surface area contributed by atoms with Gasteiger partial charge in [-0.1, -0.05) is 35.7 Å². The molecule has 0 aliphatic carbocycles. The number of fused-ring (bicyclic) bond motifs is 3. The summed E-state index contributed by atoms with van der Waals surface area (Å²) in [5.41, 5.74) is 7.05. The van der Waals surface area contributed by atoms with Crippen molar-refractivity contribution in [2.45, 2.75) is 25.7 Å². The van der Waals surface area contributed by atoms with Gasteiger partial charge in [0.25, 0.3) is 0 Å². The van der Waals surface area contributed by atoms with Gasteiger partial charge in [0.1, 0.15) is 5.75 Å². The first-order valence-electron chi connectivity index (χ1n) is 11.7. The van der Waals surface area contributed by atoms with Crippen molar-refractivity contribution < 1.29 is 14.2 Å². The van der Waals surface area contributed by atoms with Gasteiger partial charge in [0.05, 0.1) is 10.2 Å². The summed E-state index contributed by atoms with van der Waals surface area (Å²) in [5.74, 6) is 0.748.